The van der Waals surface area contributed by atoms with Crippen molar-refractivity contribution in [2.45, 2.75) is 74.0 Å². The molecule has 164 valence electrons. The number of amides is 3. The van der Waals surface area contributed by atoms with Gasteiger partial charge in [0.1, 0.15) is 0 Å². The molecule has 0 fully saturated rings. The van der Waals surface area contributed by atoms with E-state index in [0.29, 0.717) is 18.2 Å². The average Bonchev–Trinajstić information content (AvgIpc) is 2.56. The predicted molar refractivity (Wildman–Crippen MR) is 122 cm³/mol. The van der Waals surface area contributed by atoms with Crippen LogP contribution in [0.25, 0.3) is 0 Å². The molecule has 0 spiro atoms. The maximum absolute atomic E-state index is 13.2. The first-order valence-corrected chi connectivity index (χ1v) is 10.4. The number of carbonyl (C=O) groups excluding carboxylic acids is 2. The van der Waals surface area contributed by atoms with Crippen molar-refractivity contribution < 1.29 is 9.59 Å². The number of nitrogens with zero attached hydrogens (tertiary/aromatic N) is 2. The highest BCUT2D eigenvalue weighted by Crippen LogP contribution is 2.29. The van der Waals surface area contributed by atoms with Crippen molar-refractivity contribution in [3.63, 3.8) is 0 Å². The van der Waals surface area contributed by atoms with Crippen LogP contribution in [0.2, 0.25) is 0 Å². The molecule has 29 heavy (non-hydrogen) atoms. The first-order valence-electron chi connectivity index (χ1n) is 10.4. The van der Waals surface area contributed by atoms with Crippen molar-refractivity contribution in [2.75, 3.05) is 24.3 Å². The Morgan fingerprint density at radius 3 is 2.07 bits per heavy atom. The van der Waals surface area contributed by atoms with Crippen LogP contribution < -0.4 is 15.5 Å². The van der Waals surface area contributed by atoms with Crippen molar-refractivity contribution in [3.8, 4) is 0 Å². The first kappa shape index (κ1) is 24.8. The zero-order valence-corrected chi connectivity index (χ0v) is 19.9. The van der Waals surface area contributed by atoms with E-state index in [4.69, 9.17) is 0 Å². The number of urea groups is 1. The maximum Gasteiger partial charge on any atom is 0.319 e. The second kappa shape index (κ2) is 9.99. The van der Waals surface area contributed by atoms with Crippen molar-refractivity contribution in [2.24, 2.45) is 11.3 Å². The minimum absolute atomic E-state index is 0.0577. The molecule has 0 unspecified atom stereocenters. The maximum atomic E-state index is 13.2. The van der Waals surface area contributed by atoms with Gasteiger partial charge >= 0.3 is 6.03 Å². The van der Waals surface area contributed by atoms with Crippen molar-refractivity contribution in [3.05, 3.63) is 23.8 Å². The predicted octanol–water partition coefficient (Wildman–Crippen LogP) is 4.70. The summed E-state index contributed by atoms with van der Waals surface area (Å²) in [6, 6.07) is 5.76. The molecule has 0 aromatic heterocycles. The number of anilines is 2. The lowest BCUT2D eigenvalue weighted by Gasteiger charge is -2.37. The van der Waals surface area contributed by atoms with E-state index in [-0.39, 0.29) is 24.0 Å². The van der Waals surface area contributed by atoms with Gasteiger partial charge in [0, 0.05) is 49.5 Å². The van der Waals surface area contributed by atoms with Crippen LogP contribution in [-0.2, 0) is 11.3 Å². The average molecular weight is 405 g/mol. The third kappa shape index (κ3) is 7.26. The van der Waals surface area contributed by atoms with E-state index in [9.17, 15) is 9.59 Å². The SMILES string of the molecule is CC(C)NC(=O)Nc1ccc(N(C)C)c(CN(C(=O)C(C)(C)C)[C@H](C)C(C)C)c1. The molecular weight excluding hydrogens is 364 g/mol. The minimum atomic E-state index is -0.464. The Morgan fingerprint density at radius 1 is 1.03 bits per heavy atom. The molecule has 0 bridgehead atoms. The Morgan fingerprint density at radius 2 is 1.62 bits per heavy atom. The highest BCUT2D eigenvalue weighted by atomic mass is 16.2. The Hall–Kier alpha value is -2.24. The van der Waals surface area contributed by atoms with Crippen LogP contribution in [0.5, 0.6) is 0 Å². The molecule has 2 N–H and O–H groups in total. The lowest BCUT2D eigenvalue weighted by molar-refractivity contribution is -0.143. The second-order valence-corrected chi connectivity index (χ2v) is 9.66. The van der Waals surface area contributed by atoms with E-state index in [0.717, 1.165) is 11.3 Å². The van der Waals surface area contributed by atoms with Gasteiger partial charge < -0.3 is 20.4 Å². The van der Waals surface area contributed by atoms with Crippen molar-refractivity contribution in [1.29, 1.82) is 0 Å². The topological polar surface area (TPSA) is 64.7 Å². The van der Waals surface area contributed by atoms with Gasteiger partial charge in [-0.2, -0.15) is 0 Å². The monoisotopic (exact) mass is 404 g/mol. The molecule has 0 aliphatic rings. The molecule has 0 saturated heterocycles. The van der Waals surface area contributed by atoms with Gasteiger partial charge in [-0.1, -0.05) is 34.6 Å². The Kier molecular flexibility index (Phi) is 8.54. The summed E-state index contributed by atoms with van der Waals surface area (Å²) in [5.41, 5.74) is 2.28. The third-order valence-corrected chi connectivity index (χ3v) is 4.94. The summed E-state index contributed by atoms with van der Waals surface area (Å²) in [7, 11) is 3.97. The summed E-state index contributed by atoms with van der Waals surface area (Å²) in [6.07, 6.45) is 0. The molecule has 1 aromatic carbocycles. The molecule has 0 aliphatic carbocycles. The molecule has 0 saturated carbocycles. The Balaban J connectivity index is 3.30. The van der Waals surface area contributed by atoms with E-state index in [1.807, 2.05) is 76.7 Å². The lowest BCUT2D eigenvalue weighted by Crippen LogP contribution is -2.46. The van der Waals surface area contributed by atoms with E-state index >= 15 is 0 Å². The Labute approximate surface area is 177 Å². The van der Waals surface area contributed by atoms with E-state index < -0.39 is 5.41 Å². The number of nitrogens with one attached hydrogen (secondary N) is 2. The van der Waals surface area contributed by atoms with Crippen LogP contribution in [0, 0.1) is 11.3 Å². The van der Waals surface area contributed by atoms with E-state index in [1.54, 1.807) is 0 Å². The molecule has 6 nitrogen and oxygen atoms in total. The van der Waals surface area contributed by atoms with E-state index in [2.05, 4.69) is 31.4 Å². The smallest absolute Gasteiger partial charge is 0.319 e. The fourth-order valence-corrected chi connectivity index (χ4v) is 3.03. The zero-order chi connectivity index (χ0) is 22.5. The number of benzene rings is 1. The Bertz CT molecular complexity index is 705. The molecule has 1 rings (SSSR count). The molecule has 0 aliphatic heterocycles. The van der Waals surface area contributed by atoms with Gasteiger partial charge in [0.2, 0.25) is 5.91 Å². The van der Waals surface area contributed by atoms with Crippen molar-refractivity contribution in [1.82, 2.24) is 10.2 Å². The molecule has 0 heterocycles. The van der Waals surface area contributed by atoms with Gasteiger partial charge in [0.25, 0.3) is 0 Å². The zero-order valence-electron chi connectivity index (χ0n) is 19.9. The lowest BCUT2D eigenvalue weighted by atomic mass is 9.92. The largest absolute Gasteiger partial charge is 0.377 e. The van der Waals surface area contributed by atoms with Crippen molar-refractivity contribution >= 4 is 23.3 Å². The number of rotatable bonds is 7. The molecular formula is C23H40N4O2. The fraction of sp³-hybridized carbons (Fsp3) is 0.652. The number of hydrogen-bond acceptors (Lipinski definition) is 3. The van der Waals surface area contributed by atoms with Gasteiger partial charge in [0.05, 0.1) is 0 Å². The van der Waals surface area contributed by atoms with Crippen LogP contribution in [0.4, 0.5) is 16.2 Å². The quantitative estimate of drug-likeness (QED) is 0.692. The second-order valence-electron chi connectivity index (χ2n) is 9.66. The minimum Gasteiger partial charge on any atom is -0.377 e. The number of hydrogen-bond donors (Lipinski definition) is 2. The van der Waals surface area contributed by atoms with Gasteiger partial charge in [-0.15, -0.1) is 0 Å². The summed E-state index contributed by atoms with van der Waals surface area (Å²) in [5.74, 6) is 0.460. The van der Waals surface area contributed by atoms with Crippen LogP contribution in [0.3, 0.4) is 0 Å². The molecule has 0 radical (unpaired) electrons. The van der Waals surface area contributed by atoms with Gasteiger partial charge in [0.15, 0.2) is 0 Å². The molecule has 3 amide bonds. The normalized spacial score (nSPS) is 12.7. The summed E-state index contributed by atoms with van der Waals surface area (Å²) in [4.78, 5) is 29.3. The summed E-state index contributed by atoms with van der Waals surface area (Å²) < 4.78 is 0. The molecule has 1 atom stereocenters. The summed E-state index contributed by atoms with van der Waals surface area (Å²) in [6.45, 7) is 16.6. The van der Waals surface area contributed by atoms with Crippen LogP contribution in [-0.4, -0.2) is 43.0 Å². The van der Waals surface area contributed by atoms with Crippen LogP contribution >= 0.6 is 0 Å². The van der Waals surface area contributed by atoms with E-state index in [1.165, 1.54) is 0 Å². The van der Waals surface area contributed by atoms with Crippen LogP contribution in [0.15, 0.2) is 18.2 Å². The summed E-state index contributed by atoms with van der Waals surface area (Å²) >= 11 is 0. The van der Waals surface area contributed by atoms with Gasteiger partial charge in [-0.25, -0.2) is 4.79 Å². The standard InChI is InChI=1S/C23H40N4O2/c1-15(2)17(5)27(21(28)23(6,7)8)14-18-13-19(11-12-20(18)26(9)10)25-22(29)24-16(3)4/h11-13,15-17H,14H2,1-10H3,(H2,24,25,29)/t17-/m1/s1. The van der Waals surface area contributed by atoms with Crippen LogP contribution in [0.1, 0.15) is 61.0 Å². The third-order valence-electron chi connectivity index (χ3n) is 4.94. The number of carbonyl (C=O) groups is 2. The molecule has 1 aromatic rings. The first-order chi connectivity index (χ1) is 13.2. The van der Waals surface area contributed by atoms with Gasteiger partial charge in [-0.05, 0) is 50.5 Å². The highest BCUT2D eigenvalue weighted by molar-refractivity contribution is 5.90. The van der Waals surface area contributed by atoms with Gasteiger partial charge in [-0.3, -0.25) is 4.79 Å². The highest BCUT2D eigenvalue weighted by Gasteiger charge is 2.32. The molecule has 6 heteroatoms. The fourth-order valence-electron chi connectivity index (χ4n) is 3.03. The summed E-state index contributed by atoms with van der Waals surface area (Å²) in [5, 5.41) is 5.73.